The molecule has 0 bridgehead atoms. The lowest BCUT2D eigenvalue weighted by Gasteiger charge is -2.35. The number of likely N-dealkylation sites (N-methyl/N-ethyl adjacent to an activating group) is 1. The number of carbonyl (C=O) groups is 2. The highest BCUT2D eigenvalue weighted by Gasteiger charge is 2.32. The van der Waals surface area contributed by atoms with Crippen LogP contribution in [0.25, 0.3) is 5.65 Å². The van der Waals surface area contributed by atoms with Crippen LogP contribution < -0.4 is 4.90 Å². The Kier molecular flexibility index (Phi) is 3.90. The van der Waals surface area contributed by atoms with Crippen molar-refractivity contribution in [3.05, 3.63) is 24.5 Å². The molecule has 2 aromatic rings. The summed E-state index contributed by atoms with van der Waals surface area (Å²) in [4.78, 5) is 33.8. The highest BCUT2D eigenvalue weighted by molar-refractivity contribution is 5.79. The number of fused-ring (bicyclic) bond motifs is 1. The number of nitrogens with zero attached hydrogens (tertiary/aromatic N) is 6. The van der Waals surface area contributed by atoms with Crippen molar-refractivity contribution in [2.75, 3.05) is 44.7 Å². The molecule has 0 spiro atoms. The van der Waals surface area contributed by atoms with Gasteiger partial charge in [-0.2, -0.15) is 5.10 Å². The van der Waals surface area contributed by atoms with Crippen LogP contribution in [-0.2, 0) is 9.53 Å². The van der Waals surface area contributed by atoms with E-state index in [1.54, 1.807) is 27.6 Å². The van der Waals surface area contributed by atoms with Crippen LogP contribution in [0.5, 0.6) is 0 Å². The maximum Gasteiger partial charge on any atom is 0.410 e. The van der Waals surface area contributed by atoms with Crippen molar-refractivity contribution in [1.82, 2.24) is 24.4 Å². The topological polar surface area (TPSA) is 83.3 Å². The Bertz CT molecular complexity index is 798. The number of rotatable bonds is 2. The average molecular weight is 344 g/mol. The smallest absolute Gasteiger partial charge is 0.410 e. The second-order valence-electron chi connectivity index (χ2n) is 6.38. The van der Waals surface area contributed by atoms with Crippen molar-refractivity contribution in [2.24, 2.45) is 0 Å². The summed E-state index contributed by atoms with van der Waals surface area (Å²) in [5.74, 6) is 0.896. The highest BCUT2D eigenvalue weighted by Crippen LogP contribution is 2.17. The SMILES string of the molecule is CN1C[C@@H](OC(=O)N2CCN(c3ccn4nccc4n3)CC2)CC1=O. The van der Waals surface area contributed by atoms with E-state index in [0.717, 1.165) is 11.5 Å². The lowest BCUT2D eigenvalue weighted by Crippen LogP contribution is -2.49. The van der Waals surface area contributed by atoms with E-state index in [1.165, 1.54) is 0 Å². The van der Waals surface area contributed by atoms with Gasteiger partial charge in [0.25, 0.3) is 0 Å². The summed E-state index contributed by atoms with van der Waals surface area (Å²) >= 11 is 0. The Labute approximate surface area is 144 Å². The van der Waals surface area contributed by atoms with Gasteiger partial charge >= 0.3 is 6.09 Å². The summed E-state index contributed by atoms with van der Waals surface area (Å²) in [5.41, 5.74) is 0.800. The van der Waals surface area contributed by atoms with Crippen LogP contribution in [0.15, 0.2) is 24.5 Å². The van der Waals surface area contributed by atoms with Gasteiger partial charge in [-0.15, -0.1) is 0 Å². The molecule has 0 unspecified atom stereocenters. The lowest BCUT2D eigenvalue weighted by atomic mass is 10.3. The minimum Gasteiger partial charge on any atom is -0.444 e. The van der Waals surface area contributed by atoms with Crippen LogP contribution in [0.4, 0.5) is 10.6 Å². The van der Waals surface area contributed by atoms with Crippen LogP contribution in [-0.4, -0.2) is 82.3 Å². The molecule has 4 rings (SSSR count). The average Bonchev–Trinajstić information content (AvgIpc) is 3.20. The van der Waals surface area contributed by atoms with Gasteiger partial charge in [-0.25, -0.2) is 14.3 Å². The molecule has 1 atom stereocenters. The van der Waals surface area contributed by atoms with Crippen molar-refractivity contribution in [3.63, 3.8) is 0 Å². The molecule has 2 aliphatic heterocycles. The molecule has 2 saturated heterocycles. The molecule has 25 heavy (non-hydrogen) atoms. The van der Waals surface area contributed by atoms with Crippen LogP contribution in [0.2, 0.25) is 0 Å². The molecule has 0 N–H and O–H groups in total. The van der Waals surface area contributed by atoms with E-state index in [1.807, 2.05) is 18.3 Å². The van der Waals surface area contributed by atoms with Gasteiger partial charge in [-0.05, 0) is 6.07 Å². The number of ether oxygens (including phenoxy) is 1. The van der Waals surface area contributed by atoms with E-state index < -0.39 is 0 Å². The number of amides is 2. The first-order valence-electron chi connectivity index (χ1n) is 8.35. The predicted octanol–water partition coefficient (Wildman–Crippen LogP) is 0.219. The highest BCUT2D eigenvalue weighted by atomic mass is 16.6. The number of carbonyl (C=O) groups excluding carboxylic acids is 2. The van der Waals surface area contributed by atoms with E-state index in [9.17, 15) is 9.59 Å². The first kappa shape index (κ1) is 15.7. The molecule has 0 aromatic carbocycles. The van der Waals surface area contributed by atoms with Crippen molar-refractivity contribution in [2.45, 2.75) is 12.5 Å². The number of aromatic nitrogens is 3. The Morgan fingerprint density at radius 2 is 2.04 bits per heavy atom. The summed E-state index contributed by atoms with van der Waals surface area (Å²) < 4.78 is 7.18. The molecule has 0 radical (unpaired) electrons. The Hall–Kier alpha value is -2.84. The molecule has 2 fully saturated rings. The van der Waals surface area contributed by atoms with Gasteiger partial charge in [-0.3, -0.25) is 4.79 Å². The molecular weight excluding hydrogens is 324 g/mol. The molecule has 9 nitrogen and oxygen atoms in total. The molecule has 9 heteroatoms. The number of hydrogen-bond donors (Lipinski definition) is 0. The number of likely N-dealkylation sites (tertiary alicyclic amines) is 1. The Balaban J connectivity index is 1.33. The second kappa shape index (κ2) is 6.23. The summed E-state index contributed by atoms with van der Waals surface area (Å²) in [6, 6.07) is 3.78. The zero-order valence-electron chi connectivity index (χ0n) is 14.0. The number of hydrogen-bond acceptors (Lipinski definition) is 6. The maximum absolute atomic E-state index is 12.3. The van der Waals surface area contributed by atoms with Crippen LogP contribution in [0.3, 0.4) is 0 Å². The number of piperazine rings is 1. The van der Waals surface area contributed by atoms with Crippen molar-refractivity contribution in [1.29, 1.82) is 0 Å². The Morgan fingerprint density at radius 1 is 1.24 bits per heavy atom. The van der Waals surface area contributed by atoms with Gasteiger partial charge in [0.2, 0.25) is 5.91 Å². The van der Waals surface area contributed by atoms with Crippen molar-refractivity contribution in [3.8, 4) is 0 Å². The Morgan fingerprint density at radius 3 is 2.76 bits per heavy atom. The fourth-order valence-electron chi connectivity index (χ4n) is 3.22. The summed E-state index contributed by atoms with van der Waals surface area (Å²) in [5, 5.41) is 4.14. The van der Waals surface area contributed by atoms with Crippen LogP contribution >= 0.6 is 0 Å². The van der Waals surface area contributed by atoms with E-state index in [4.69, 9.17) is 4.74 Å². The molecular formula is C16H20N6O3. The molecule has 132 valence electrons. The molecule has 4 heterocycles. The van der Waals surface area contributed by atoms with Crippen LogP contribution in [0.1, 0.15) is 6.42 Å². The third kappa shape index (κ3) is 3.09. The minimum atomic E-state index is -0.341. The third-order valence-corrected chi connectivity index (χ3v) is 4.68. The number of anilines is 1. The van der Waals surface area contributed by atoms with E-state index >= 15 is 0 Å². The quantitative estimate of drug-likeness (QED) is 0.775. The zero-order valence-corrected chi connectivity index (χ0v) is 14.0. The van der Waals surface area contributed by atoms with E-state index in [0.29, 0.717) is 32.7 Å². The fraction of sp³-hybridized carbons (Fsp3) is 0.500. The second-order valence-corrected chi connectivity index (χ2v) is 6.38. The summed E-state index contributed by atoms with van der Waals surface area (Å²) in [6.07, 6.45) is 3.19. The van der Waals surface area contributed by atoms with Gasteiger partial charge in [0.15, 0.2) is 5.65 Å². The molecule has 0 aliphatic carbocycles. The van der Waals surface area contributed by atoms with Crippen molar-refractivity contribution < 1.29 is 14.3 Å². The molecule has 0 saturated carbocycles. The first-order chi connectivity index (χ1) is 12.1. The van der Waals surface area contributed by atoms with Gasteiger partial charge in [0, 0.05) is 45.5 Å². The van der Waals surface area contributed by atoms with Gasteiger partial charge in [-0.1, -0.05) is 0 Å². The fourth-order valence-corrected chi connectivity index (χ4v) is 3.22. The van der Waals surface area contributed by atoms with E-state index in [2.05, 4.69) is 15.0 Å². The summed E-state index contributed by atoms with van der Waals surface area (Å²) in [6.45, 7) is 2.99. The largest absolute Gasteiger partial charge is 0.444 e. The monoisotopic (exact) mass is 344 g/mol. The van der Waals surface area contributed by atoms with Crippen LogP contribution in [0, 0.1) is 0 Å². The van der Waals surface area contributed by atoms with Gasteiger partial charge in [0.05, 0.1) is 19.2 Å². The minimum absolute atomic E-state index is 0.0176. The third-order valence-electron chi connectivity index (χ3n) is 4.68. The van der Waals surface area contributed by atoms with Gasteiger partial charge < -0.3 is 19.4 Å². The van der Waals surface area contributed by atoms with Crippen molar-refractivity contribution >= 4 is 23.5 Å². The standard InChI is InChI=1S/C16H20N6O3/c1-19-11-12(10-15(19)23)25-16(24)21-8-6-20(7-9-21)13-3-5-22-14(18-13)2-4-17-22/h2-5,12H,6-11H2,1H3/t12-/m0/s1. The maximum atomic E-state index is 12.3. The zero-order chi connectivity index (χ0) is 17.4. The lowest BCUT2D eigenvalue weighted by molar-refractivity contribution is -0.126. The molecule has 2 aromatic heterocycles. The molecule has 2 aliphatic rings. The normalized spacial score (nSPS) is 21.2. The predicted molar refractivity (Wildman–Crippen MR) is 89.3 cm³/mol. The van der Waals surface area contributed by atoms with E-state index in [-0.39, 0.29) is 24.5 Å². The first-order valence-corrected chi connectivity index (χ1v) is 8.35. The summed E-state index contributed by atoms with van der Waals surface area (Å²) in [7, 11) is 1.72. The van der Waals surface area contributed by atoms with Gasteiger partial charge in [0.1, 0.15) is 11.9 Å². The molecule has 2 amide bonds.